The lowest BCUT2D eigenvalue weighted by Crippen LogP contribution is -2.50. The smallest absolute Gasteiger partial charge is 0.330 e. The Balaban J connectivity index is 1.61. The van der Waals surface area contributed by atoms with Crippen LogP contribution < -0.4 is 0 Å². The molecule has 0 aromatic rings. The maximum absolute atomic E-state index is 11.8. The molecule has 0 radical (unpaired) electrons. The number of carbonyl (C=O) groups is 1. The molecule has 0 aliphatic heterocycles. The molecule has 4 aliphatic carbocycles. The first-order valence-corrected chi connectivity index (χ1v) is 10.9. The third-order valence-electron chi connectivity index (χ3n) is 9.17. The van der Waals surface area contributed by atoms with E-state index < -0.39 is 0 Å². The second-order valence-corrected chi connectivity index (χ2v) is 10.2. The summed E-state index contributed by atoms with van der Waals surface area (Å²) < 4.78 is 4.87. The number of hydrogen-bond acceptors (Lipinski definition) is 3. The molecule has 0 spiro atoms. The zero-order valence-electron chi connectivity index (χ0n) is 17.5. The summed E-state index contributed by atoms with van der Waals surface area (Å²) in [4.78, 5) is 11.8. The molecule has 1 N–H and O–H groups in total. The SMILES string of the molecule is COC(=O)/C=C(\C)[C@H]1CC[C@H]2[C@@H]3CC=C4C[C@@H](O)CC[C@]4(C)[C@H]3CC[C@]12C. The van der Waals surface area contributed by atoms with Gasteiger partial charge in [-0.05, 0) is 92.8 Å². The van der Waals surface area contributed by atoms with E-state index in [1.807, 2.05) is 0 Å². The fourth-order valence-electron chi connectivity index (χ4n) is 7.74. The van der Waals surface area contributed by atoms with Gasteiger partial charge in [0, 0.05) is 6.08 Å². The second kappa shape index (κ2) is 6.76. The first-order valence-electron chi connectivity index (χ1n) is 10.9. The Hall–Kier alpha value is -1.09. The van der Waals surface area contributed by atoms with Gasteiger partial charge in [-0.1, -0.05) is 31.1 Å². The van der Waals surface area contributed by atoms with E-state index in [1.54, 1.807) is 11.6 Å². The molecule has 3 fully saturated rings. The quantitative estimate of drug-likeness (QED) is 0.419. The predicted octanol–water partition coefficient (Wildman–Crippen LogP) is 5.05. The van der Waals surface area contributed by atoms with Crippen LogP contribution in [0.4, 0.5) is 0 Å². The molecule has 4 rings (SSSR count). The minimum absolute atomic E-state index is 0.128. The van der Waals surface area contributed by atoms with Gasteiger partial charge in [-0.3, -0.25) is 0 Å². The van der Waals surface area contributed by atoms with Gasteiger partial charge in [0.2, 0.25) is 0 Å². The Morgan fingerprint density at radius 1 is 1.19 bits per heavy atom. The number of aliphatic hydroxyl groups is 1. The van der Waals surface area contributed by atoms with Gasteiger partial charge in [-0.25, -0.2) is 4.79 Å². The molecule has 3 heteroatoms. The van der Waals surface area contributed by atoms with Crippen LogP contribution >= 0.6 is 0 Å². The molecule has 0 unspecified atom stereocenters. The Kier molecular flexibility index (Phi) is 4.81. The number of rotatable bonds is 2. The number of esters is 1. The molecule has 0 aromatic heterocycles. The van der Waals surface area contributed by atoms with E-state index in [4.69, 9.17) is 4.74 Å². The van der Waals surface area contributed by atoms with Gasteiger partial charge in [0.05, 0.1) is 13.2 Å². The molecule has 3 saturated carbocycles. The first kappa shape index (κ1) is 19.2. The highest BCUT2D eigenvalue weighted by molar-refractivity contribution is 5.82. The summed E-state index contributed by atoms with van der Waals surface area (Å²) in [7, 11) is 1.46. The normalized spacial score (nSPS) is 46.8. The van der Waals surface area contributed by atoms with Crippen molar-refractivity contribution in [2.75, 3.05) is 7.11 Å². The molecule has 0 saturated heterocycles. The third kappa shape index (κ3) is 2.92. The van der Waals surface area contributed by atoms with Crippen LogP contribution in [0, 0.1) is 34.5 Å². The Labute approximate surface area is 164 Å². The topological polar surface area (TPSA) is 46.5 Å². The van der Waals surface area contributed by atoms with Crippen molar-refractivity contribution < 1.29 is 14.6 Å². The van der Waals surface area contributed by atoms with Crippen molar-refractivity contribution in [2.24, 2.45) is 34.5 Å². The predicted molar refractivity (Wildman–Crippen MR) is 107 cm³/mol. The summed E-state index contributed by atoms with van der Waals surface area (Å²) in [6.07, 6.45) is 13.3. The second-order valence-electron chi connectivity index (χ2n) is 10.2. The van der Waals surface area contributed by atoms with Crippen LogP contribution in [-0.4, -0.2) is 24.3 Å². The van der Waals surface area contributed by atoms with E-state index in [0.717, 1.165) is 37.0 Å². The van der Waals surface area contributed by atoms with Crippen LogP contribution in [0.5, 0.6) is 0 Å². The summed E-state index contributed by atoms with van der Waals surface area (Å²) in [5.41, 5.74) is 3.37. The van der Waals surface area contributed by atoms with E-state index in [1.165, 1.54) is 44.8 Å². The van der Waals surface area contributed by atoms with Gasteiger partial charge in [0.15, 0.2) is 0 Å². The zero-order chi connectivity index (χ0) is 19.4. The van der Waals surface area contributed by atoms with Crippen molar-refractivity contribution in [3.05, 3.63) is 23.3 Å². The van der Waals surface area contributed by atoms with Crippen molar-refractivity contribution in [3.8, 4) is 0 Å². The summed E-state index contributed by atoms with van der Waals surface area (Å²) in [5.74, 6) is 2.58. The van der Waals surface area contributed by atoms with E-state index in [-0.39, 0.29) is 12.1 Å². The maximum Gasteiger partial charge on any atom is 0.330 e. The Morgan fingerprint density at radius 2 is 1.96 bits per heavy atom. The number of allylic oxidation sites excluding steroid dienone is 2. The number of aliphatic hydroxyl groups excluding tert-OH is 1. The molecular weight excluding hydrogens is 336 g/mol. The fourth-order valence-corrected chi connectivity index (χ4v) is 7.74. The molecule has 3 nitrogen and oxygen atoms in total. The molecule has 0 amide bonds. The fraction of sp³-hybridized carbons (Fsp3) is 0.792. The molecular formula is C24H36O3. The van der Waals surface area contributed by atoms with E-state index >= 15 is 0 Å². The summed E-state index contributed by atoms with van der Waals surface area (Å²) in [5, 5.41) is 10.2. The molecule has 0 aromatic carbocycles. The molecule has 150 valence electrons. The van der Waals surface area contributed by atoms with Gasteiger partial charge in [-0.2, -0.15) is 0 Å². The Bertz CT molecular complexity index is 677. The van der Waals surface area contributed by atoms with E-state index in [9.17, 15) is 9.90 Å². The highest BCUT2D eigenvalue weighted by Crippen LogP contribution is 2.67. The van der Waals surface area contributed by atoms with E-state index in [2.05, 4.69) is 26.8 Å². The van der Waals surface area contributed by atoms with Crippen molar-refractivity contribution in [3.63, 3.8) is 0 Å². The summed E-state index contributed by atoms with van der Waals surface area (Å²) in [6.45, 7) is 7.11. The van der Waals surface area contributed by atoms with Gasteiger partial charge in [0.1, 0.15) is 0 Å². The molecule has 4 aliphatic rings. The standard InChI is InChI=1S/C24H36O3/c1-15(13-22(26)27-4)19-7-8-20-18-6-5-16-14-17(25)9-11-23(16,2)21(18)10-12-24(19,20)3/h5,13,17-21,25H,6-12,14H2,1-4H3/b15-13+/t17-,18-,19+,20-,21-,23-,24+/m0/s1. The molecule has 27 heavy (non-hydrogen) atoms. The first-order chi connectivity index (χ1) is 12.8. The molecule has 7 atom stereocenters. The average molecular weight is 373 g/mol. The van der Waals surface area contributed by atoms with Crippen LogP contribution in [0.2, 0.25) is 0 Å². The minimum Gasteiger partial charge on any atom is -0.466 e. The van der Waals surface area contributed by atoms with Crippen molar-refractivity contribution >= 4 is 5.97 Å². The highest BCUT2D eigenvalue weighted by atomic mass is 16.5. The zero-order valence-corrected chi connectivity index (χ0v) is 17.5. The monoisotopic (exact) mass is 372 g/mol. The molecule has 0 bridgehead atoms. The van der Waals surface area contributed by atoms with Crippen molar-refractivity contribution in [1.29, 1.82) is 0 Å². The lowest BCUT2D eigenvalue weighted by molar-refractivity contribution is -0.134. The number of ether oxygens (including phenoxy) is 1. The largest absolute Gasteiger partial charge is 0.466 e. The van der Waals surface area contributed by atoms with Crippen molar-refractivity contribution in [1.82, 2.24) is 0 Å². The number of fused-ring (bicyclic) bond motifs is 5. The highest BCUT2D eigenvalue weighted by Gasteiger charge is 2.58. The maximum atomic E-state index is 11.8. The lowest BCUT2D eigenvalue weighted by atomic mass is 9.47. The van der Waals surface area contributed by atoms with Crippen LogP contribution in [0.15, 0.2) is 23.3 Å². The summed E-state index contributed by atoms with van der Waals surface area (Å²) >= 11 is 0. The van der Waals surface area contributed by atoms with Crippen LogP contribution in [0.1, 0.15) is 72.1 Å². The number of hydrogen-bond donors (Lipinski definition) is 1. The van der Waals surface area contributed by atoms with Gasteiger partial charge in [0.25, 0.3) is 0 Å². The van der Waals surface area contributed by atoms with Gasteiger partial charge >= 0.3 is 5.97 Å². The third-order valence-corrected chi connectivity index (χ3v) is 9.17. The number of methoxy groups -OCH3 is 1. The summed E-state index contributed by atoms with van der Waals surface area (Å²) in [6, 6.07) is 0. The van der Waals surface area contributed by atoms with Gasteiger partial charge in [-0.15, -0.1) is 0 Å². The van der Waals surface area contributed by atoms with Gasteiger partial charge < -0.3 is 9.84 Å². The van der Waals surface area contributed by atoms with Crippen LogP contribution in [0.3, 0.4) is 0 Å². The average Bonchev–Trinajstić information content (AvgIpc) is 2.99. The molecule has 0 heterocycles. The minimum atomic E-state index is -0.216. The van der Waals surface area contributed by atoms with Crippen LogP contribution in [-0.2, 0) is 9.53 Å². The lowest BCUT2D eigenvalue weighted by Gasteiger charge is -2.58. The van der Waals surface area contributed by atoms with Crippen LogP contribution in [0.25, 0.3) is 0 Å². The van der Waals surface area contributed by atoms with Crippen molar-refractivity contribution in [2.45, 2.75) is 78.2 Å². The Morgan fingerprint density at radius 3 is 2.70 bits per heavy atom. The number of carbonyl (C=O) groups excluding carboxylic acids is 1. The van der Waals surface area contributed by atoms with E-state index in [0.29, 0.717) is 16.7 Å².